The summed E-state index contributed by atoms with van der Waals surface area (Å²) in [6.07, 6.45) is 5.68. The standard InChI is InChI=1S/C16H34N2/c1-5-9-17(3)11-7-15(13-17)16-8-12-18(4,14-16)10-6-2/h15-16H,5-14H2,1-4H3/q+2. The van der Waals surface area contributed by atoms with E-state index in [1.165, 1.54) is 73.9 Å². The van der Waals surface area contributed by atoms with Gasteiger partial charge in [0.1, 0.15) is 0 Å². The summed E-state index contributed by atoms with van der Waals surface area (Å²) in [5.41, 5.74) is 0. The van der Waals surface area contributed by atoms with E-state index in [4.69, 9.17) is 0 Å². The van der Waals surface area contributed by atoms with Gasteiger partial charge >= 0.3 is 0 Å². The number of hydrogen-bond donors (Lipinski definition) is 0. The van der Waals surface area contributed by atoms with Crippen LogP contribution in [0.1, 0.15) is 39.5 Å². The number of rotatable bonds is 5. The lowest BCUT2D eigenvalue weighted by atomic mass is 9.91. The Hall–Kier alpha value is -0.0800. The first-order valence-electron chi connectivity index (χ1n) is 8.17. The predicted molar refractivity (Wildman–Crippen MR) is 78.4 cm³/mol. The summed E-state index contributed by atoms with van der Waals surface area (Å²) in [6.45, 7) is 13.3. The third kappa shape index (κ3) is 3.08. The molecule has 2 aliphatic rings. The summed E-state index contributed by atoms with van der Waals surface area (Å²) in [6, 6.07) is 0. The summed E-state index contributed by atoms with van der Waals surface area (Å²) in [7, 11) is 4.97. The quantitative estimate of drug-likeness (QED) is 0.662. The molecule has 106 valence electrons. The fourth-order valence-electron chi connectivity index (χ4n) is 4.71. The van der Waals surface area contributed by atoms with Gasteiger partial charge in [-0.3, -0.25) is 0 Å². The maximum Gasteiger partial charge on any atom is 0.0820 e. The van der Waals surface area contributed by atoms with Crippen LogP contribution >= 0.6 is 0 Å². The molecule has 4 atom stereocenters. The van der Waals surface area contributed by atoms with Crippen molar-refractivity contribution in [3.8, 4) is 0 Å². The van der Waals surface area contributed by atoms with Crippen LogP contribution in [0.15, 0.2) is 0 Å². The zero-order chi connectivity index (χ0) is 13.2. The molecule has 2 saturated heterocycles. The highest BCUT2D eigenvalue weighted by Gasteiger charge is 2.44. The molecule has 0 aliphatic carbocycles. The van der Waals surface area contributed by atoms with E-state index in [-0.39, 0.29) is 0 Å². The Labute approximate surface area is 114 Å². The third-order valence-corrected chi connectivity index (χ3v) is 5.62. The highest BCUT2D eigenvalue weighted by atomic mass is 15.4. The topological polar surface area (TPSA) is 0 Å². The van der Waals surface area contributed by atoms with Gasteiger partial charge in [0, 0.05) is 24.7 Å². The molecule has 0 radical (unpaired) electrons. The monoisotopic (exact) mass is 254 g/mol. The lowest BCUT2D eigenvalue weighted by Crippen LogP contribution is -2.44. The van der Waals surface area contributed by atoms with Gasteiger partial charge < -0.3 is 8.97 Å². The van der Waals surface area contributed by atoms with E-state index >= 15 is 0 Å². The van der Waals surface area contributed by atoms with Crippen molar-refractivity contribution in [2.45, 2.75) is 39.5 Å². The molecule has 0 N–H and O–H groups in total. The van der Waals surface area contributed by atoms with Gasteiger partial charge in [0.25, 0.3) is 0 Å². The van der Waals surface area contributed by atoms with Crippen LogP contribution in [0.4, 0.5) is 0 Å². The summed E-state index contributed by atoms with van der Waals surface area (Å²) >= 11 is 0. The van der Waals surface area contributed by atoms with Crippen LogP contribution in [0.5, 0.6) is 0 Å². The number of quaternary nitrogens is 2. The Bertz CT molecular complexity index is 250. The summed E-state index contributed by atoms with van der Waals surface area (Å²) in [4.78, 5) is 0. The van der Waals surface area contributed by atoms with Gasteiger partial charge in [-0.05, 0) is 12.8 Å². The Kier molecular flexibility index (Phi) is 4.38. The van der Waals surface area contributed by atoms with Gasteiger partial charge in [-0.25, -0.2) is 0 Å². The van der Waals surface area contributed by atoms with Gasteiger partial charge in [-0.1, -0.05) is 13.8 Å². The minimum Gasteiger partial charge on any atom is -0.326 e. The average Bonchev–Trinajstić information content (AvgIpc) is 2.84. The molecule has 0 aromatic carbocycles. The van der Waals surface area contributed by atoms with Gasteiger partial charge in [0.05, 0.1) is 53.4 Å². The molecular weight excluding hydrogens is 220 g/mol. The maximum absolute atomic E-state index is 2.48. The van der Waals surface area contributed by atoms with Crippen molar-refractivity contribution in [3.05, 3.63) is 0 Å². The van der Waals surface area contributed by atoms with Crippen LogP contribution < -0.4 is 0 Å². The largest absolute Gasteiger partial charge is 0.326 e. The number of hydrogen-bond acceptors (Lipinski definition) is 0. The van der Waals surface area contributed by atoms with E-state index in [1.807, 2.05) is 0 Å². The predicted octanol–water partition coefficient (Wildman–Crippen LogP) is 2.74. The minimum atomic E-state index is 1.03. The smallest absolute Gasteiger partial charge is 0.0820 e. The molecule has 2 rings (SSSR count). The Morgan fingerprint density at radius 3 is 1.50 bits per heavy atom. The molecule has 2 fully saturated rings. The van der Waals surface area contributed by atoms with E-state index in [9.17, 15) is 0 Å². The molecule has 2 heteroatoms. The first kappa shape index (κ1) is 14.3. The van der Waals surface area contributed by atoms with E-state index in [2.05, 4.69) is 27.9 Å². The van der Waals surface area contributed by atoms with E-state index < -0.39 is 0 Å². The fourth-order valence-corrected chi connectivity index (χ4v) is 4.71. The minimum absolute atomic E-state index is 1.03. The molecule has 0 aromatic rings. The van der Waals surface area contributed by atoms with Crippen LogP contribution in [-0.2, 0) is 0 Å². The zero-order valence-corrected chi connectivity index (χ0v) is 13.1. The average molecular weight is 254 g/mol. The molecule has 2 aliphatic heterocycles. The Morgan fingerprint density at radius 2 is 1.17 bits per heavy atom. The number of nitrogens with zero attached hydrogens (tertiary/aromatic N) is 2. The summed E-state index contributed by atoms with van der Waals surface area (Å²) in [5, 5.41) is 0. The van der Waals surface area contributed by atoms with Gasteiger partial charge in [0.2, 0.25) is 0 Å². The molecule has 0 bridgehead atoms. The van der Waals surface area contributed by atoms with Crippen molar-refractivity contribution in [1.82, 2.24) is 0 Å². The molecule has 0 aromatic heterocycles. The molecule has 0 spiro atoms. The third-order valence-electron chi connectivity index (χ3n) is 5.62. The van der Waals surface area contributed by atoms with Crippen LogP contribution in [-0.4, -0.2) is 62.3 Å². The van der Waals surface area contributed by atoms with E-state index in [0.29, 0.717) is 0 Å². The first-order valence-corrected chi connectivity index (χ1v) is 8.17. The van der Waals surface area contributed by atoms with Crippen molar-refractivity contribution in [2.24, 2.45) is 11.8 Å². The van der Waals surface area contributed by atoms with Gasteiger partial charge in [0.15, 0.2) is 0 Å². The Balaban J connectivity index is 1.88. The lowest BCUT2D eigenvalue weighted by Gasteiger charge is -2.31. The van der Waals surface area contributed by atoms with Crippen molar-refractivity contribution in [3.63, 3.8) is 0 Å². The second-order valence-corrected chi connectivity index (χ2v) is 7.60. The van der Waals surface area contributed by atoms with Crippen molar-refractivity contribution in [1.29, 1.82) is 0 Å². The molecular formula is C16H34N2+2. The van der Waals surface area contributed by atoms with Crippen molar-refractivity contribution in [2.75, 3.05) is 53.4 Å². The molecule has 2 nitrogen and oxygen atoms in total. The number of likely N-dealkylation sites (tertiary alicyclic amines) is 2. The molecule has 2 heterocycles. The van der Waals surface area contributed by atoms with E-state index in [0.717, 1.165) is 11.8 Å². The summed E-state index contributed by atoms with van der Waals surface area (Å²) < 4.78 is 2.71. The SMILES string of the molecule is CCC[N+]1(C)CCC(C2CC[N+](C)(CCC)C2)C1. The first-order chi connectivity index (χ1) is 8.50. The van der Waals surface area contributed by atoms with Crippen LogP contribution in [0.2, 0.25) is 0 Å². The van der Waals surface area contributed by atoms with Crippen molar-refractivity contribution >= 4 is 0 Å². The lowest BCUT2D eigenvalue weighted by molar-refractivity contribution is -0.903. The second kappa shape index (κ2) is 5.50. The second-order valence-electron chi connectivity index (χ2n) is 7.60. The highest BCUT2D eigenvalue weighted by molar-refractivity contribution is 4.78. The fraction of sp³-hybridized carbons (Fsp3) is 1.00. The zero-order valence-electron chi connectivity index (χ0n) is 13.1. The van der Waals surface area contributed by atoms with Crippen LogP contribution in [0.25, 0.3) is 0 Å². The Morgan fingerprint density at radius 1 is 0.778 bits per heavy atom. The normalized spacial score (nSPS) is 44.7. The molecule has 0 saturated carbocycles. The molecule has 4 unspecified atom stereocenters. The highest BCUT2D eigenvalue weighted by Crippen LogP contribution is 2.36. The van der Waals surface area contributed by atoms with Gasteiger partial charge in [-0.15, -0.1) is 0 Å². The molecule has 18 heavy (non-hydrogen) atoms. The van der Waals surface area contributed by atoms with Crippen LogP contribution in [0, 0.1) is 11.8 Å². The molecule has 0 amide bonds. The van der Waals surface area contributed by atoms with Crippen LogP contribution in [0.3, 0.4) is 0 Å². The maximum atomic E-state index is 2.48. The summed E-state index contributed by atoms with van der Waals surface area (Å²) in [5.74, 6) is 2.05. The van der Waals surface area contributed by atoms with Gasteiger partial charge in [-0.2, -0.15) is 0 Å². The van der Waals surface area contributed by atoms with E-state index in [1.54, 1.807) is 0 Å². The van der Waals surface area contributed by atoms with Crippen molar-refractivity contribution < 1.29 is 8.97 Å².